The van der Waals surface area contributed by atoms with Crippen LogP contribution < -0.4 is 0 Å². The highest BCUT2D eigenvalue weighted by Gasteiger charge is 2.16. The van der Waals surface area contributed by atoms with Crippen molar-refractivity contribution in [2.45, 2.75) is 92.9 Å². The maximum atomic E-state index is 10.6. The van der Waals surface area contributed by atoms with E-state index in [0.29, 0.717) is 18.3 Å². The highest BCUT2D eigenvalue weighted by atomic mass is 16.3. The molecular formula is C19H40O2. The van der Waals surface area contributed by atoms with Gasteiger partial charge >= 0.3 is 0 Å². The molecule has 2 fully saturated rings. The molecule has 0 atom stereocenters. The molecule has 128 valence electrons. The van der Waals surface area contributed by atoms with Crippen LogP contribution in [-0.4, -0.2) is 17.5 Å². The second-order valence-corrected chi connectivity index (χ2v) is 6.03. The molecule has 2 heteroatoms. The predicted octanol–water partition coefficient (Wildman–Crippen LogP) is 5.62. The van der Waals surface area contributed by atoms with Crippen molar-refractivity contribution in [3.8, 4) is 0 Å². The maximum Gasteiger partial charge on any atom is 0.132 e. The summed E-state index contributed by atoms with van der Waals surface area (Å²) in [4.78, 5) is 10.6. The van der Waals surface area contributed by atoms with E-state index in [1.54, 1.807) is 0 Å². The fourth-order valence-electron chi connectivity index (χ4n) is 2.60. The average Bonchev–Trinajstić information content (AvgIpc) is 2.55. The summed E-state index contributed by atoms with van der Waals surface area (Å²) >= 11 is 0. The van der Waals surface area contributed by atoms with Gasteiger partial charge in [0.25, 0.3) is 0 Å². The molecule has 2 saturated carbocycles. The monoisotopic (exact) mass is 300 g/mol. The minimum Gasteiger partial charge on any atom is -0.396 e. The van der Waals surface area contributed by atoms with Gasteiger partial charge in [-0.25, -0.2) is 0 Å². The van der Waals surface area contributed by atoms with Gasteiger partial charge in [-0.3, -0.25) is 4.79 Å². The summed E-state index contributed by atoms with van der Waals surface area (Å²) in [5.74, 6) is 2.80. The van der Waals surface area contributed by atoms with E-state index < -0.39 is 0 Å². The maximum absolute atomic E-state index is 10.6. The molecule has 0 spiro atoms. The standard InChI is InChI=1S/C8H16O.C7H12O.2C2H6/c1-7-2-4-8(6-9)5-3-7;1-6-2-4-7(8)5-3-6;2*1-2/h7-9H,2-6H2,1H3;6H,2-5H2,1H3;2*1-2H3. The Balaban J connectivity index is 0. The van der Waals surface area contributed by atoms with E-state index in [0.717, 1.165) is 37.5 Å². The molecule has 1 N–H and O–H groups in total. The molecule has 2 aliphatic rings. The van der Waals surface area contributed by atoms with Gasteiger partial charge in [0.15, 0.2) is 0 Å². The first-order valence-electron chi connectivity index (χ1n) is 9.24. The number of rotatable bonds is 1. The molecule has 0 amide bonds. The molecule has 0 unspecified atom stereocenters. The zero-order valence-electron chi connectivity index (χ0n) is 15.5. The molecule has 0 bridgehead atoms. The normalized spacial score (nSPS) is 25.4. The van der Waals surface area contributed by atoms with Crippen LogP contribution in [0.4, 0.5) is 0 Å². The molecule has 2 aliphatic carbocycles. The third kappa shape index (κ3) is 13.0. The lowest BCUT2D eigenvalue weighted by atomic mass is 9.84. The minimum absolute atomic E-state index is 0.409. The number of Topliss-reactive ketones (excluding diaryl/α,β-unsaturated/α-hetero) is 1. The van der Waals surface area contributed by atoms with Crippen molar-refractivity contribution >= 4 is 5.78 Å². The van der Waals surface area contributed by atoms with E-state index in [-0.39, 0.29) is 0 Å². The lowest BCUT2D eigenvalue weighted by molar-refractivity contribution is -0.120. The number of carbonyl (C=O) groups is 1. The Morgan fingerprint density at radius 1 is 0.810 bits per heavy atom. The van der Waals surface area contributed by atoms with E-state index in [1.807, 2.05) is 27.7 Å². The van der Waals surface area contributed by atoms with Crippen LogP contribution in [0.25, 0.3) is 0 Å². The Bertz CT molecular complexity index is 208. The summed E-state index contributed by atoms with van der Waals surface area (Å²) in [5.41, 5.74) is 0. The molecule has 0 aromatic heterocycles. The molecule has 0 aromatic rings. The summed E-state index contributed by atoms with van der Waals surface area (Å²) in [6.07, 6.45) is 9.06. The zero-order chi connectivity index (χ0) is 16.7. The molecule has 0 heterocycles. The van der Waals surface area contributed by atoms with E-state index in [1.165, 1.54) is 25.7 Å². The number of carbonyl (C=O) groups excluding carboxylic acids is 1. The van der Waals surface area contributed by atoms with Gasteiger partial charge in [-0.1, -0.05) is 54.4 Å². The summed E-state index contributed by atoms with van der Waals surface area (Å²) in [5, 5.41) is 8.78. The Kier molecular flexibility index (Phi) is 17.5. The van der Waals surface area contributed by atoms with Gasteiger partial charge in [0.05, 0.1) is 0 Å². The fraction of sp³-hybridized carbons (Fsp3) is 0.947. The van der Waals surface area contributed by atoms with Crippen LogP contribution in [0.5, 0.6) is 0 Å². The summed E-state index contributed by atoms with van der Waals surface area (Å²) in [6.45, 7) is 12.9. The van der Waals surface area contributed by atoms with Gasteiger partial charge < -0.3 is 5.11 Å². The Labute approximate surface area is 133 Å². The lowest BCUT2D eigenvalue weighted by Crippen LogP contribution is -2.14. The van der Waals surface area contributed by atoms with Crippen molar-refractivity contribution < 1.29 is 9.90 Å². The number of ketones is 1. The van der Waals surface area contributed by atoms with Gasteiger partial charge in [-0.2, -0.15) is 0 Å². The third-order valence-corrected chi connectivity index (χ3v) is 4.23. The van der Waals surface area contributed by atoms with E-state index in [2.05, 4.69) is 13.8 Å². The van der Waals surface area contributed by atoms with E-state index in [4.69, 9.17) is 5.11 Å². The van der Waals surface area contributed by atoms with Crippen molar-refractivity contribution in [1.29, 1.82) is 0 Å². The molecule has 2 nitrogen and oxygen atoms in total. The summed E-state index contributed by atoms with van der Waals surface area (Å²) < 4.78 is 0. The molecule has 2 rings (SSSR count). The Morgan fingerprint density at radius 3 is 1.52 bits per heavy atom. The largest absolute Gasteiger partial charge is 0.396 e. The number of aliphatic hydroxyl groups is 1. The Hall–Kier alpha value is -0.370. The third-order valence-electron chi connectivity index (χ3n) is 4.23. The SMILES string of the molecule is CC.CC.CC1CCC(=O)CC1.CC1CCC(CO)CC1. The van der Waals surface area contributed by atoms with E-state index in [9.17, 15) is 4.79 Å². The van der Waals surface area contributed by atoms with Crippen molar-refractivity contribution in [3.05, 3.63) is 0 Å². The molecular weight excluding hydrogens is 260 g/mol. The second-order valence-electron chi connectivity index (χ2n) is 6.03. The quantitative estimate of drug-likeness (QED) is 0.682. The number of hydrogen-bond donors (Lipinski definition) is 1. The molecule has 0 radical (unpaired) electrons. The van der Waals surface area contributed by atoms with Crippen LogP contribution in [0, 0.1) is 17.8 Å². The molecule has 0 saturated heterocycles. The number of aliphatic hydroxyl groups excluding tert-OH is 1. The fourth-order valence-corrected chi connectivity index (χ4v) is 2.60. The van der Waals surface area contributed by atoms with Crippen LogP contribution in [0.3, 0.4) is 0 Å². The van der Waals surface area contributed by atoms with Gasteiger partial charge in [0.1, 0.15) is 5.78 Å². The molecule has 0 aromatic carbocycles. The smallest absolute Gasteiger partial charge is 0.132 e. The van der Waals surface area contributed by atoms with Crippen LogP contribution >= 0.6 is 0 Å². The van der Waals surface area contributed by atoms with Crippen LogP contribution in [0.15, 0.2) is 0 Å². The van der Waals surface area contributed by atoms with Gasteiger partial charge in [0, 0.05) is 19.4 Å². The summed E-state index contributed by atoms with van der Waals surface area (Å²) in [6, 6.07) is 0. The average molecular weight is 301 g/mol. The second kappa shape index (κ2) is 16.0. The highest BCUT2D eigenvalue weighted by Crippen LogP contribution is 2.27. The topological polar surface area (TPSA) is 37.3 Å². The van der Waals surface area contributed by atoms with E-state index >= 15 is 0 Å². The van der Waals surface area contributed by atoms with Crippen LogP contribution in [0.2, 0.25) is 0 Å². The van der Waals surface area contributed by atoms with Gasteiger partial charge in [0.2, 0.25) is 0 Å². The first kappa shape index (κ1) is 22.9. The van der Waals surface area contributed by atoms with Gasteiger partial charge in [-0.15, -0.1) is 0 Å². The van der Waals surface area contributed by atoms with Crippen molar-refractivity contribution in [2.24, 2.45) is 17.8 Å². The molecule has 21 heavy (non-hydrogen) atoms. The Morgan fingerprint density at radius 2 is 1.19 bits per heavy atom. The lowest BCUT2D eigenvalue weighted by Gasteiger charge is -2.23. The zero-order valence-corrected chi connectivity index (χ0v) is 15.5. The summed E-state index contributed by atoms with van der Waals surface area (Å²) in [7, 11) is 0. The van der Waals surface area contributed by atoms with Crippen molar-refractivity contribution in [1.82, 2.24) is 0 Å². The first-order valence-corrected chi connectivity index (χ1v) is 9.24. The van der Waals surface area contributed by atoms with Crippen LogP contribution in [-0.2, 0) is 4.79 Å². The van der Waals surface area contributed by atoms with Crippen LogP contribution in [0.1, 0.15) is 92.9 Å². The predicted molar refractivity (Wildman–Crippen MR) is 93.5 cm³/mol. The first-order chi connectivity index (χ1) is 10.1. The van der Waals surface area contributed by atoms with Crippen molar-refractivity contribution in [3.63, 3.8) is 0 Å². The van der Waals surface area contributed by atoms with Gasteiger partial charge in [-0.05, 0) is 43.4 Å². The molecule has 0 aliphatic heterocycles. The van der Waals surface area contributed by atoms with Crippen molar-refractivity contribution in [2.75, 3.05) is 6.61 Å². The number of hydrogen-bond acceptors (Lipinski definition) is 2. The minimum atomic E-state index is 0.409. The highest BCUT2D eigenvalue weighted by molar-refractivity contribution is 5.78.